The molecule has 2 aromatic rings. The van der Waals surface area contributed by atoms with Gasteiger partial charge < -0.3 is 5.73 Å². The molecular formula is C14H12BrFN4. The van der Waals surface area contributed by atoms with Gasteiger partial charge in [0.15, 0.2) is 0 Å². The molecule has 0 spiro atoms. The molecule has 0 radical (unpaired) electrons. The van der Waals surface area contributed by atoms with E-state index in [4.69, 9.17) is 5.73 Å². The average molecular weight is 335 g/mol. The third kappa shape index (κ3) is 2.31. The fourth-order valence-corrected chi connectivity index (χ4v) is 2.97. The molecule has 102 valence electrons. The molecule has 20 heavy (non-hydrogen) atoms. The maximum Gasteiger partial charge on any atom is 0.220 e. The Hall–Kier alpha value is -1.82. The van der Waals surface area contributed by atoms with Crippen LogP contribution in [0.25, 0.3) is 0 Å². The smallest absolute Gasteiger partial charge is 0.220 e. The van der Waals surface area contributed by atoms with E-state index >= 15 is 0 Å². The molecule has 0 saturated heterocycles. The predicted molar refractivity (Wildman–Crippen MR) is 79.3 cm³/mol. The average Bonchev–Trinajstić information content (AvgIpc) is 2.37. The molecular weight excluding hydrogens is 323 g/mol. The Bertz CT molecular complexity index is 715. The summed E-state index contributed by atoms with van der Waals surface area (Å²) in [5, 5.41) is 0. The lowest BCUT2D eigenvalue weighted by Gasteiger charge is -2.20. The van der Waals surface area contributed by atoms with Crippen LogP contribution in [0.15, 0.2) is 27.7 Å². The van der Waals surface area contributed by atoms with Gasteiger partial charge in [-0.1, -0.05) is 22.0 Å². The van der Waals surface area contributed by atoms with Crippen molar-refractivity contribution in [2.24, 2.45) is 4.99 Å². The third-order valence-corrected chi connectivity index (χ3v) is 4.01. The maximum absolute atomic E-state index is 13.2. The van der Waals surface area contributed by atoms with Crippen LogP contribution in [-0.2, 0) is 6.42 Å². The molecule has 0 bridgehead atoms. The number of halogens is 2. The maximum atomic E-state index is 13.2. The molecule has 3 rings (SSSR count). The number of nitrogens with two attached hydrogens (primary N) is 1. The monoisotopic (exact) mass is 334 g/mol. The molecule has 1 atom stereocenters. The van der Waals surface area contributed by atoms with Crippen molar-refractivity contribution < 1.29 is 4.39 Å². The highest BCUT2D eigenvalue weighted by Crippen LogP contribution is 2.32. The molecule has 4 nitrogen and oxygen atoms in total. The van der Waals surface area contributed by atoms with Gasteiger partial charge in [0.25, 0.3) is 0 Å². The van der Waals surface area contributed by atoms with E-state index < -0.39 is 0 Å². The number of fused-ring (bicyclic) bond motifs is 1. The summed E-state index contributed by atoms with van der Waals surface area (Å²) < 4.78 is 13.9. The highest BCUT2D eigenvalue weighted by atomic mass is 79.9. The molecule has 0 unspecified atom stereocenters. The second-order valence-electron chi connectivity index (χ2n) is 4.69. The number of aliphatic imine (C=N–C) groups is 1. The van der Waals surface area contributed by atoms with Crippen molar-refractivity contribution in [2.75, 3.05) is 5.73 Å². The highest BCUT2D eigenvalue weighted by Gasteiger charge is 2.22. The Labute approximate surface area is 124 Å². The Morgan fingerprint density at radius 1 is 1.35 bits per heavy atom. The number of rotatable bonds is 1. The van der Waals surface area contributed by atoms with Crippen LogP contribution in [0.1, 0.15) is 28.6 Å². The number of benzene rings is 1. The van der Waals surface area contributed by atoms with Crippen molar-refractivity contribution in [3.05, 3.63) is 51.0 Å². The zero-order valence-corrected chi connectivity index (χ0v) is 12.4. The Balaban J connectivity index is 2.01. The SMILES string of the molecule is Cc1nc(N)nc2c1C=N[C@@H](c1ccc(F)cc1Br)C2. The number of hydrogen-bond acceptors (Lipinski definition) is 4. The number of hydrogen-bond donors (Lipinski definition) is 1. The van der Waals surface area contributed by atoms with Crippen molar-refractivity contribution in [3.8, 4) is 0 Å². The van der Waals surface area contributed by atoms with Crippen LogP contribution < -0.4 is 5.73 Å². The van der Waals surface area contributed by atoms with Crippen molar-refractivity contribution in [1.29, 1.82) is 0 Å². The lowest BCUT2D eigenvalue weighted by molar-refractivity contribution is 0.622. The van der Waals surface area contributed by atoms with Crippen LogP contribution in [0.5, 0.6) is 0 Å². The Morgan fingerprint density at radius 3 is 2.90 bits per heavy atom. The molecule has 1 aromatic carbocycles. The van der Waals surface area contributed by atoms with Crippen molar-refractivity contribution in [3.63, 3.8) is 0 Å². The Kier molecular flexibility index (Phi) is 3.25. The predicted octanol–water partition coefficient (Wildman–Crippen LogP) is 2.99. The van der Waals surface area contributed by atoms with E-state index in [9.17, 15) is 4.39 Å². The number of anilines is 1. The number of nitrogens with zero attached hydrogens (tertiary/aromatic N) is 3. The van der Waals surface area contributed by atoms with Crippen molar-refractivity contribution >= 4 is 28.1 Å². The minimum absolute atomic E-state index is 0.0915. The molecule has 1 aliphatic heterocycles. The topological polar surface area (TPSA) is 64.2 Å². The summed E-state index contributed by atoms with van der Waals surface area (Å²) in [6, 6.07) is 4.53. The molecule has 2 N–H and O–H groups in total. The van der Waals surface area contributed by atoms with E-state index in [2.05, 4.69) is 30.9 Å². The van der Waals surface area contributed by atoms with Crippen LogP contribution >= 0.6 is 15.9 Å². The standard InChI is InChI=1S/C14H12BrFN4/c1-7-10-6-18-12(5-13(10)20-14(17)19-7)9-3-2-8(16)4-11(9)15/h2-4,6,12H,5H2,1H3,(H2,17,19,20)/t12-/m1/s1. The largest absolute Gasteiger partial charge is 0.368 e. The van der Waals surface area contributed by atoms with Crippen LogP contribution in [0.3, 0.4) is 0 Å². The molecule has 1 aromatic heterocycles. The van der Waals surface area contributed by atoms with E-state index in [0.29, 0.717) is 10.9 Å². The van der Waals surface area contributed by atoms with E-state index in [1.165, 1.54) is 12.1 Å². The first kappa shape index (κ1) is 13.2. The fourth-order valence-electron chi connectivity index (χ4n) is 2.35. The zero-order chi connectivity index (χ0) is 14.3. The number of aryl methyl sites for hydroxylation is 1. The van der Waals surface area contributed by atoms with Gasteiger partial charge in [-0.05, 0) is 24.6 Å². The summed E-state index contributed by atoms with van der Waals surface area (Å²) in [6.07, 6.45) is 2.40. The van der Waals surface area contributed by atoms with Crippen LogP contribution in [0, 0.1) is 12.7 Å². The molecule has 0 saturated carbocycles. The molecule has 0 fully saturated rings. The van der Waals surface area contributed by atoms with Gasteiger partial charge in [-0.3, -0.25) is 4.99 Å². The summed E-state index contributed by atoms with van der Waals surface area (Å²) >= 11 is 3.38. The van der Waals surface area contributed by atoms with E-state index in [1.807, 2.05) is 6.92 Å². The van der Waals surface area contributed by atoms with Gasteiger partial charge in [0.2, 0.25) is 5.95 Å². The van der Waals surface area contributed by atoms with Gasteiger partial charge >= 0.3 is 0 Å². The van der Waals surface area contributed by atoms with E-state index in [-0.39, 0.29) is 17.8 Å². The van der Waals surface area contributed by atoms with Gasteiger partial charge in [-0.2, -0.15) is 0 Å². The summed E-state index contributed by atoms with van der Waals surface area (Å²) in [5.41, 5.74) is 9.26. The summed E-state index contributed by atoms with van der Waals surface area (Å²) in [5.74, 6) is -0.00306. The number of aromatic nitrogens is 2. The van der Waals surface area contributed by atoms with E-state index in [1.54, 1.807) is 12.3 Å². The lowest BCUT2D eigenvalue weighted by atomic mass is 9.97. The molecule has 6 heteroatoms. The summed E-state index contributed by atoms with van der Waals surface area (Å²) in [4.78, 5) is 12.9. The third-order valence-electron chi connectivity index (χ3n) is 3.32. The molecule has 0 aliphatic carbocycles. The quantitative estimate of drug-likeness (QED) is 0.871. The summed E-state index contributed by atoms with van der Waals surface area (Å²) in [6.45, 7) is 1.89. The fraction of sp³-hybridized carbons (Fsp3) is 0.214. The Morgan fingerprint density at radius 2 is 2.15 bits per heavy atom. The van der Waals surface area contributed by atoms with Crippen molar-refractivity contribution in [1.82, 2.24) is 9.97 Å². The molecule has 2 heterocycles. The van der Waals surface area contributed by atoms with E-state index in [0.717, 1.165) is 22.5 Å². The van der Waals surface area contributed by atoms with Crippen LogP contribution in [0.2, 0.25) is 0 Å². The normalized spacial score (nSPS) is 17.1. The van der Waals surface area contributed by atoms with Gasteiger partial charge in [-0.15, -0.1) is 0 Å². The minimum atomic E-state index is -0.275. The van der Waals surface area contributed by atoms with Crippen LogP contribution in [0.4, 0.5) is 10.3 Å². The second-order valence-corrected chi connectivity index (χ2v) is 5.55. The lowest BCUT2D eigenvalue weighted by Crippen LogP contribution is -2.15. The van der Waals surface area contributed by atoms with Gasteiger partial charge in [0.1, 0.15) is 5.82 Å². The number of nitrogen functional groups attached to an aromatic ring is 1. The summed E-state index contributed by atoms with van der Waals surface area (Å²) in [7, 11) is 0. The molecule has 0 amide bonds. The second kappa shape index (κ2) is 4.94. The van der Waals surface area contributed by atoms with Crippen LogP contribution in [-0.4, -0.2) is 16.2 Å². The first-order chi connectivity index (χ1) is 9.54. The highest BCUT2D eigenvalue weighted by molar-refractivity contribution is 9.10. The first-order valence-electron chi connectivity index (χ1n) is 6.15. The van der Waals surface area contributed by atoms with Gasteiger partial charge in [0.05, 0.1) is 17.4 Å². The first-order valence-corrected chi connectivity index (χ1v) is 6.95. The van der Waals surface area contributed by atoms with Crippen molar-refractivity contribution in [2.45, 2.75) is 19.4 Å². The zero-order valence-electron chi connectivity index (χ0n) is 10.8. The minimum Gasteiger partial charge on any atom is -0.368 e. The van der Waals surface area contributed by atoms with Gasteiger partial charge in [-0.25, -0.2) is 14.4 Å². The molecule has 1 aliphatic rings. The van der Waals surface area contributed by atoms with Gasteiger partial charge in [0, 0.05) is 22.7 Å².